The number of nitrogens with two attached hydrogens (primary N) is 1. The van der Waals surface area contributed by atoms with Crippen LogP contribution in [0.15, 0.2) is 76.5 Å². The van der Waals surface area contributed by atoms with Crippen LogP contribution in [0.5, 0.6) is 5.75 Å². The summed E-state index contributed by atoms with van der Waals surface area (Å²) in [7, 11) is 0. The second-order valence-corrected chi connectivity index (χ2v) is 13.2. The average molecular weight is 703 g/mol. The van der Waals surface area contributed by atoms with Crippen molar-refractivity contribution in [3.8, 4) is 5.75 Å². The molecule has 0 aliphatic carbocycles. The van der Waals surface area contributed by atoms with Crippen LogP contribution in [0.3, 0.4) is 0 Å². The van der Waals surface area contributed by atoms with Crippen molar-refractivity contribution < 1.29 is 4.74 Å². The van der Waals surface area contributed by atoms with Crippen LogP contribution < -0.4 is 15.4 Å². The number of para-hydroxylation sites is 1. The quantitative estimate of drug-likeness (QED) is 0.192. The van der Waals surface area contributed by atoms with Crippen LogP contribution in [-0.4, -0.2) is 62.2 Å². The van der Waals surface area contributed by atoms with E-state index in [1.807, 2.05) is 17.8 Å². The van der Waals surface area contributed by atoms with Crippen molar-refractivity contribution in [3.05, 3.63) is 77.3 Å². The first kappa shape index (κ1) is 38.8. The maximum Gasteiger partial charge on any atom is 0.119 e. The zero-order chi connectivity index (χ0) is 28.6. The summed E-state index contributed by atoms with van der Waals surface area (Å²) in [6.07, 6.45) is 4.57. The SMILES string of the molecule is CC(C)CCCC(N)c1ccc(OCCN2CCN(CCCN3c4ccccc4Sc4ccc(Cl)cc43)CC2)cc1.Cl.Cl.Cl. The number of benzene rings is 3. The van der Waals surface area contributed by atoms with E-state index in [2.05, 4.69) is 89.2 Å². The largest absolute Gasteiger partial charge is 0.492 e. The Balaban J connectivity index is 0.00000225. The number of ether oxygens (including phenoxy) is 1. The zero-order valence-electron chi connectivity index (χ0n) is 25.8. The predicted octanol–water partition coefficient (Wildman–Crippen LogP) is 9.12. The number of hydrogen-bond donors (Lipinski definition) is 1. The molecule has 0 saturated carbocycles. The third-order valence-electron chi connectivity index (χ3n) is 8.19. The van der Waals surface area contributed by atoms with Gasteiger partial charge in [-0.2, -0.15) is 0 Å². The summed E-state index contributed by atoms with van der Waals surface area (Å²) >= 11 is 8.22. The fraction of sp³-hybridized carbons (Fsp3) is 0.471. The van der Waals surface area contributed by atoms with Crippen LogP contribution in [0.1, 0.15) is 51.1 Å². The fourth-order valence-electron chi connectivity index (χ4n) is 5.75. The highest BCUT2D eigenvalue weighted by atomic mass is 35.5. The van der Waals surface area contributed by atoms with Gasteiger partial charge in [-0.3, -0.25) is 4.90 Å². The number of halogens is 4. The van der Waals surface area contributed by atoms with Crippen LogP contribution in [0.2, 0.25) is 5.02 Å². The molecule has 1 atom stereocenters. The van der Waals surface area contributed by atoms with Gasteiger partial charge in [-0.15, -0.1) is 37.2 Å². The molecule has 0 amide bonds. The van der Waals surface area contributed by atoms with Gasteiger partial charge in [-0.05, 0) is 73.3 Å². The first-order valence-corrected chi connectivity index (χ1v) is 16.4. The molecule has 3 aromatic carbocycles. The summed E-state index contributed by atoms with van der Waals surface area (Å²) < 4.78 is 6.07. The van der Waals surface area contributed by atoms with E-state index in [1.54, 1.807) is 0 Å². The molecule has 244 valence electrons. The molecule has 0 spiro atoms. The normalized spacial score (nSPS) is 15.3. The van der Waals surface area contributed by atoms with Gasteiger partial charge in [-0.1, -0.05) is 74.3 Å². The number of anilines is 2. The van der Waals surface area contributed by atoms with Crippen molar-refractivity contribution in [3.63, 3.8) is 0 Å². The van der Waals surface area contributed by atoms with Gasteiger partial charge < -0.3 is 20.3 Å². The minimum Gasteiger partial charge on any atom is -0.492 e. The molecular formula is C34H48Cl4N4OS. The topological polar surface area (TPSA) is 45.0 Å². The van der Waals surface area contributed by atoms with Crippen LogP contribution >= 0.6 is 60.6 Å². The second-order valence-electron chi connectivity index (χ2n) is 11.7. The molecule has 44 heavy (non-hydrogen) atoms. The maximum absolute atomic E-state index is 6.39. The van der Waals surface area contributed by atoms with E-state index in [4.69, 9.17) is 22.1 Å². The summed E-state index contributed by atoms with van der Waals surface area (Å²) in [5.41, 5.74) is 10.1. The van der Waals surface area contributed by atoms with E-state index < -0.39 is 0 Å². The van der Waals surface area contributed by atoms with Gasteiger partial charge in [-0.25, -0.2) is 0 Å². The Bertz CT molecular complexity index is 1260. The first-order valence-electron chi connectivity index (χ1n) is 15.2. The highest BCUT2D eigenvalue weighted by molar-refractivity contribution is 7.99. The standard InChI is InChI=1S/C34H45ClN4OS.3ClH/c1-26(2)7-5-8-30(36)27-11-14-29(15-12-27)40-24-23-38-21-19-37(20-22-38)17-6-18-39-31-9-3-4-10-33(31)41-34-16-13-28(35)25-32(34)39;;;/h3-4,9-16,25-26,30H,5-8,17-24,36H2,1-2H3;3*1H. The van der Waals surface area contributed by atoms with Crippen molar-refractivity contribution in [1.29, 1.82) is 0 Å². The van der Waals surface area contributed by atoms with Crippen LogP contribution in [-0.2, 0) is 0 Å². The molecule has 1 saturated heterocycles. The summed E-state index contributed by atoms with van der Waals surface area (Å²) in [4.78, 5) is 10.2. The Hall–Kier alpha value is -1.35. The minimum atomic E-state index is 0. The average Bonchev–Trinajstić information content (AvgIpc) is 2.98. The van der Waals surface area contributed by atoms with Gasteiger partial charge in [0, 0.05) is 60.1 Å². The molecule has 2 aliphatic heterocycles. The number of nitrogens with zero attached hydrogens (tertiary/aromatic N) is 3. The van der Waals surface area contributed by atoms with Crippen molar-refractivity contribution in [2.75, 3.05) is 57.3 Å². The van der Waals surface area contributed by atoms with Crippen LogP contribution in [0, 0.1) is 5.92 Å². The second kappa shape index (κ2) is 19.3. The number of piperazine rings is 1. The molecule has 2 N–H and O–H groups in total. The zero-order valence-corrected chi connectivity index (χ0v) is 29.9. The van der Waals surface area contributed by atoms with Crippen molar-refractivity contribution in [1.82, 2.24) is 9.80 Å². The van der Waals surface area contributed by atoms with Gasteiger partial charge in [0.15, 0.2) is 0 Å². The van der Waals surface area contributed by atoms with Crippen molar-refractivity contribution in [2.45, 2.75) is 55.4 Å². The molecule has 0 bridgehead atoms. The molecule has 10 heteroatoms. The van der Waals surface area contributed by atoms with Gasteiger partial charge in [0.2, 0.25) is 0 Å². The van der Waals surface area contributed by atoms with Crippen LogP contribution in [0.4, 0.5) is 11.4 Å². The molecule has 1 fully saturated rings. The Morgan fingerprint density at radius 2 is 1.43 bits per heavy atom. The monoisotopic (exact) mass is 700 g/mol. The molecule has 0 radical (unpaired) electrons. The maximum atomic E-state index is 6.39. The van der Waals surface area contributed by atoms with Gasteiger partial charge in [0.05, 0.1) is 11.4 Å². The number of fused-ring (bicyclic) bond motifs is 2. The molecule has 5 nitrogen and oxygen atoms in total. The third kappa shape index (κ3) is 10.9. The van der Waals surface area contributed by atoms with Gasteiger partial charge >= 0.3 is 0 Å². The highest BCUT2D eigenvalue weighted by Gasteiger charge is 2.24. The lowest BCUT2D eigenvalue weighted by Crippen LogP contribution is -2.47. The fourth-order valence-corrected chi connectivity index (χ4v) is 6.99. The Kier molecular flexibility index (Phi) is 17.1. The summed E-state index contributed by atoms with van der Waals surface area (Å²) in [5, 5.41) is 0.794. The number of hydrogen-bond acceptors (Lipinski definition) is 6. The van der Waals surface area contributed by atoms with E-state index >= 15 is 0 Å². The summed E-state index contributed by atoms with van der Waals surface area (Å²) in [6, 6.07) is 23.5. The van der Waals surface area contributed by atoms with E-state index in [1.165, 1.54) is 39.6 Å². The first-order chi connectivity index (χ1) is 20.0. The third-order valence-corrected chi connectivity index (χ3v) is 9.56. The lowest BCUT2D eigenvalue weighted by atomic mass is 9.99. The smallest absolute Gasteiger partial charge is 0.119 e. The lowest BCUT2D eigenvalue weighted by Gasteiger charge is -2.36. The number of rotatable bonds is 13. The molecule has 5 rings (SSSR count). The predicted molar refractivity (Wildman–Crippen MR) is 196 cm³/mol. The minimum absolute atomic E-state index is 0. The van der Waals surface area contributed by atoms with E-state index in [9.17, 15) is 0 Å². The molecule has 3 aromatic rings. The van der Waals surface area contributed by atoms with E-state index in [0.29, 0.717) is 6.61 Å². The van der Waals surface area contributed by atoms with E-state index in [0.717, 1.165) is 75.3 Å². The van der Waals surface area contributed by atoms with Crippen LogP contribution in [0.25, 0.3) is 0 Å². The molecule has 1 unspecified atom stereocenters. The van der Waals surface area contributed by atoms with E-state index in [-0.39, 0.29) is 43.3 Å². The van der Waals surface area contributed by atoms with Crippen molar-refractivity contribution >= 4 is 72.0 Å². The molecule has 0 aromatic heterocycles. The van der Waals surface area contributed by atoms with Crippen molar-refractivity contribution in [2.24, 2.45) is 11.7 Å². The van der Waals surface area contributed by atoms with Gasteiger partial charge in [0.1, 0.15) is 12.4 Å². The summed E-state index contributed by atoms with van der Waals surface area (Å²) in [6.45, 7) is 12.7. The highest BCUT2D eigenvalue weighted by Crippen LogP contribution is 2.48. The Morgan fingerprint density at radius 3 is 2.14 bits per heavy atom. The molecule has 2 heterocycles. The summed E-state index contributed by atoms with van der Waals surface area (Å²) in [5.74, 6) is 1.67. The molecule has 2 aliphatic rings. The Morgan fingerprint density at radius 1 is 0.773 bits per heavy atom. The lowest BCUT2D eigenvalue weighted by molar-refractivity contribution is 0.116. The van der Waals surface area contributed by atoms with Gasteiger partial charge in [0.25, 0.3) is 0 Å². The molecular weight excluding hydrogens is 654 g/mol. The Labute approximate surface area is 292 Å².